The highest BCUT2D eigenvalue weighted by atomic mass is 19.4. The van der Waals surface area contributed by atoms with Crippen LogP contribution >= 0.6 is 0 Å². The minimum atomic E-state index is -4.55. The first-order valence-electron chi connectivity index (χ1n) is 9.84. The molecule has 160 valence electrons. The summed E-state index contributed by atoms with van der Waals surface area (Å²) in [5.41, 5.74) is 0.628. The number of fused-ring (bicyclic) bond motifs is 1. The van der Waals surface area contributed by atoms with Crippen LogP contribution in [0, 0.1) is 18.8 Å². The summed E-state index contributed by atoms with van der Waals surface area (Å²) in [4.78, 5) is 16.8. The number of aryl methyl sites for hydroxylation is 1. The number of aromatic nitrogens is 4. The Kier molecular flexibility index (Phi) is 4.73. The lowest BCUT2D eigenvalue weighted by molar-refractivity contribution is -0.141. The molecule has 0 spiro atoms. The highest BCUT2D eigenvalue weighted by molar-refractivity contribution is 5.63. The summed E-state index contributed by atoms with van der Waals surface area (Å²) >= 11 is 0. The molecule has 2 fully saturated rings. The predicted molar refractivity (Wildman–Crippen MR) is 108 cm³/mol. The van der Waals surface area contributed by atoms with Gasteiger partial charge in [-0.25, -0.2) is 15.0 Å². The Morgan fingerprint density at radius 2 is 1.77 bits per heavy atom. The molecule has 0 amide bonds. The van der Waals surface area contributed by atoms with Crippen molar-refractivity contribution in [3.05, 3.63) is 54.0 Å². The number of rotatable bonds is 5. The van der Waals surface area contributed by atoms with Crippen molar-refractivity contribution in [2.24, 2.45) is 11.8 Å². The van der Waals surface area contributed by atoms with Crippen LogP contribution in [0.25, 0.3) is 11.5 Å². The maximum absolute atomic E-state index is 13.1. The van der Waals surface area contributed by atoms with E-state index in [0.29, 0.717) is 42.4 Å². The summed E-state index contributed by atoms with van der Waals surface area (Å²) in [6.07, 6.45) is -2.89. The van der Waals surface area contributed by atoms with Crippen molar-refractivity contribution in [2.45, 2.75) is 19.1 Å². The minimum absolute atomic E-state index is 0.0443. The minimum Gasteiger partial charge on any atom is -0.381 e. The Morgan fingerprint density at radius 3 is 2.48 bits per heavy atom. The maximum Gasteiger partial charge on any atom is 0.433 e. The van der Waals surface area contributed by atoms with Crippen molar-refractivity contribution in [1.29, 1.82) is 0 Å². The van der Waals surface area contributed by atoms with E-state index in [1.807, 2.05) is 19.1 Å². The number of hydrogen-bond acceptors (Lipinski definition) is 7. The summed E-state index contributed by atoms with van der Waals surface area (Å²) in [5, 5.41) is 6.51. The Bertz CT molecular complexity index is 1100. The number of hydrogen-bond donors (Lipinski definition) is 2. The second kappa shape index (κ2) is 7.45. The lowest BCUT2D eigenvalue weighted by atomic mass is 10.2. The fraction of sp³-hybridized carbons (Fsp3) is 0.333. The number of nitrogens with zero attached hydrogens (tertiary/aromatic N) is 4. The number of anilines is 3. The van der Waals surface area contributed by atoms with Gasteiger partial charge in [-0.05, 0) is 31.2 Å². The molecule has 3 aromatic rings. The average molecular weight is 428 g/mol. The normalized spacial score (nSPS) is 22.1. The number of alkyl halides is 3. The SMILES string of the molecule is Cc1ccc(Nc2cc(NC3C4COCC43)nc(-c3cccc(C(F)(F)F)n3)n2)cn1. The fourth-order valence-electron chi connectivity index (χ4n) is 3.73. The molecule has 3 aromatic heterocycles. The Labute approximate surface area is 176 Å². The van der Waals surface area contributed by atoms with Crippen LogP contribution in [0.5, 0.6) is 0 Å². The first-order valence-corrected chi connectivity index (χ1v) is 9.84. The van der Waals surface area contributed by atoms with E-state index in [2.05, 4.69) is 30.6 Å². The van der Waals surface area contributed by atoms with Gasteiger partial charge < -0.3 is 15.4 Å². The maximum atomic E-state index is 13.1. The molecule has 2 N–H and O–H groups in total. The van der Waals surface area contributed by atoms with Gasteiger partial charge in [0.05, 0.1) is 25.1 Å². The lowest BCUT2D eigenvalue weighted by Gasteiger charge is -2.13. The van der Waals surface area contributed by atoms with E-state index in [4.69, 9.17) is 4.74 Å². The van der Waals surface area contributed by atoms with Gasteiger partial charge in [0, 0.05) is 29.6 Å². The van der Waals surface area contributed by atoms with Crippen LogP contribution in [0.15, 0.2) is 42.6 Å². The average Bonchev–Trinajstić information content (AvgIpc) is 3.16. The molecule has 1 aliphatic heterocycles. The van der Waals surface area contributed by atoms with Crippen molar-refractivity contribution >= 4 is 17.3 Å². The third-order valence-electron chi connectivity index (χ3n) is 5.45. The molecule has 1 aliphatic carbocycles. The fourth-order valence-corrected chi connectivity index (χ4v) is 3.73. The molecule has 1 saturated carbocycles. The van der Waals surface area contributed by atoms with Gasteiger partial charge >= 0.3 is 6.18 Å². The molecule has 0 radical (unpaired) electrons. The lowest BCUT2D eigenvalue weighted by Crippen LogP contribution is -2.14. The van der Waals surface area contributed by atoms with Gasteiger partial charge in [0.15, 0.2) is 5.82 Å². The molecule has 2 aliphatic rings. The molecule has 31 heavy (non-hydrogen) atoms. The molecule has 5 rings (SSSR count). The zero-order valence-corrected chi connectivity index (χ0v) is 16.5. The highest BCUT2D eigenvalue weighted by Crippen LogP contribution is 2.46. The van der Waals surface area contributed by atoms with Gasteiger partial charge in [0.2, 0.25) is 0 Å². The second-order valence-electron chi connectivity index (χ2n) is 7.72. The van der Waals surface area contributed by atoms with Gasteiger partial charge in [0.1, 0.15) is 23.0 Å². The van der Waals surface area contributed by atoms with Crippen LogP contribution in [0.1, 0.15) is 11.4 Å². The predicted octanol–water partition coefficient (Wildman–Crippen LogP) is 4.06. The first-order chi connectivity index (χ1) is 14.9. The Morgan fingerprint density at radius 1 is 1.00 bits per heavy atom. The summed E-state index contributed by atoms with van der Waals surface area (Å²) in [5.74, 6) is 1.91. The van der Waals surface area contributed by atoms with Gasteiger partial charge in [-0.15, -0.1) is 0 Å². The van der Waals surface area contributed by atoms with Crippen molar-refractivity contribution in [2.75, 3.05) is 23.8 Å². The van der Waals surface area contributed by atoms with Crippen LogP contribution in [0.4, 0.5) is 30.5 Å². The van der Waals surface area contributed by atoms with Crippen molar-refractivity contribution in [3.63, 3.8) is 0 Å². The summed E-state index contributed by atoms with van der Waals surface area (Å²) in [6.45, 7) is 3.29. The number of pyridine rings is 2. The van der Waals surface area contributed by atoms with Crippen molar-refractivity contribution in [3.8, 4) is 11.5 Å². The van der Waals surface area contributed by atoms with E-state index >= 15 is 0 Å². The molecule has 2 unspecified atom stereocenters. The second-order valence-corrected chi connectivity index (χ2v) is 7.72. The van der Waals surface area contributed by atoms with E-state index < -0.39 is 11.9 Å². The van der Waals surface area contributed by atoms with Crippen molar-refractivity contribution < 1.29 is 17.9 Å². The molecule has 10 heteroatoms. The molecular weight excluding hydrogens is 409 g/mol. The van der Waals surface area contributed by atoms with Gasteiger partial charge in [-0.3, -0.25) is 4.98 Å². The number of nitrogens with one attached hydrogen (secondary N) is 2. The zero-order chi connectivity index (χ0) is 21.6. The van der Waals surface area contributed by atoms with Gasteiger partial charge in [0.25, 0.3) is 0 Å². The zero-order valence-electron chi connectivity index (χ0n) is 16.5. The summed E-state index contributed by atoms with van der Waals surface area (Å²) < 4.78 is 44.8. The molecular formula is C21H19F3N6O. The van der Waals surface area contributed by atoms with Crippen LogP contribution in [0.2, 0.25) is 0 Å². The van der Waals surface area contributed by atoms with E-state index in [1.165, 1.54) is 12.1 Å². The standard InChI is InChI=1S/C21H19F3N6O/c1-11-5-6-12(8-25-11)26-17-7-18(28-19-13-9-31-10-14(13)19)30-20(29-17)15-3-2-4-16(27-15)21(22,23)24/h2-8,13-14,19H,9-10H2,1H3,(H2,26,28,29,30). The van der Waals surface area contributed by atoms with Crippen molar-refractivity contribution in [1.82, 2.24) is 19.9 Å². The molecule has 4 heterocycles. The van der Waals surface area contributed by atoms with Gasteiger partial charge in [-0.2, -0.15) is 13.2 Å². The Balaban J connectivity index is 1.49. The third-order valence-corrected chi connectivity index (χ3v) is 5.45. The molecule has 1 saturated heterocycles. The van der Waals surface area contributed by atoms with Crippen LogP contribution in [0.3, 0.4) is 0 Å². The van der Waals surface area contributed by atoms with E-state index in [-0.39, 0.29) is 17.6 Å². The van der Waals surface area contributed by atoms with E-state index in [0.717, 1.165) is 11.8 Å². The number of ether oxygens (including phenoxy) is 1. The van der Waals surface area contributed by atoms with E-state index in [1.54, 1.807) is 12.3 Å². The van der Waals surface area contributed by atoms with Crippen LogP contribution in [-0.2, 0) is 10.9 Å². The monoisotopic (exact) mass is 428 g/mol. The smallest absolute Gasteiger partial charge is 0.381 e. The van der Waals surface area contributed by atoms with Crippen LogP contribution < -0.4 is 10.6 Å². The van der Waals surface area contributed by atoms with E-state index in [9.17, 15) is 13.2 Å². The quantitative estimate of drug-likeness (QED) is 0.634. The third kappa shape index (κ3) is 4.15. The largest absolute Gasteiger partial charge is 0.433 e. The molecule has 0 aromatic carbocycles. The molecule has 7 nitrogen and oxygen atoms in total. The molecule has 0 bridgehead atoms. The van der Waals surface area contributed by atoms with Gasteiger partial charge in [-0.1, -0.05) is 6.07 Å². The summed E-state index contributed by atoms with van der Waals surface area (Å²) in [7, 11) is 0. The summed E-state index contributed by atoms with van der Waals surface area (Å²) in [6, 6.07) is 9.35. The topological polar surface area (TPSA) is 84.9 Å². The van der Waals surface area contributed by atoms with Crippen LogP contribution in [-0.4, -0.2) is 39.2 Å². The number of halogens is 3. The highest BCUT2D eigenvalue weighted by Gasteiger charge is 2.54. The molecule has 2 atom stereocenters. The Hall–Kier alpha value is -3.27. The first kappa shape index (κ1) is 19.7.